The normalized spacial score (nSPS) is 15.9. The van der Waals surface area contributed by atoms with E-state index < -0.39 is 0 Å². The van der Waals surface area contributed by atoms with Crippen molar-refractivity contribution in [3.63, 3.8) is 0 Å². The Morgan fingerprint density at radius 3 is 1.63 bits per heavy atom. The van der Waals surface area contributed by atoms with Crippen LogP contribution in [0.1, 0.15) is 97.3 Å². The van der Waals surface area contributed by atoms with E-state index >= 15 is 0 Å². The molecule has 145 heavy (non-hydrogen) atoms. The van der Waals surface area contributed by atoms with E-state index in [4.69, 9.17) is 17.7 Å². The minimum atomic E-state index is -0.103. The van der Waals surface area contributed by atoms with E-state index in [1.165, 1.54) is 127 Å². The molecule has 0 bridgehead atoms. The number of hydrogen-bond donors (Lipinski definition) is 2. The van der Waals surface area contributed by atoms with Gasteiger partial charge < -0.3 is 46.9 Å². The van der Waals surface area contributed by atoms with Gasteiger partial charge in [-0.3, -0.25) is 0 Å². The quantitative estimate of drug-likeness (QED) is 0.119. The zero-order valence-corrected chi connectivity index (χ0v) is 80.3. The van der Waals surface area contributed by atoms with Gasteiger partial charge in [-0.05, 0) is 251 Å². The highest BCUT2D eigenvalue weighted by molar-refractivity contribution is 6.17. The van der Waals surface area contributed by atoms with Crippen LogP contribution in [0.4, 0.5) is 39.8 Å². The second kappa shape index (κ2) is 34.1. The van der Waals surface area contributed by atoms with Crippen LogP contribution in [0, 0.1) is 0 Å². The number of nitrogens with one attached hydrogen (secondary N) is 2. The monoisotopic (exact) mass is 1870 g/mol. The lowest BCUT2D eigenvalue weighted by molar-refractivity contribution is 0.615. The van der Waals surface area contributed by atoms with Gasteiger partial charge in [0.2, 0.25) is 0 Å². The molecular weight excluding hydrogens is 1770 g/mol. The summed E-state index contributed by atoms with van der Waals surface area (Å²) < 4.78 is 29.4. The van der Waals surface area contributed by atoms with Crippen molar-refractivity contribution in [2.24, 2.45) is 0 Å². The summed E-state index contributed by atoms with van der Waals surface area (Å²) in [4.78, 5) is 8.68. The van der Waals surface area contributed by atoms with Crippen molar-refractivity contribution in [2.75, 3.05) is 15.1 Å². The number of fused-ring (bicyclic) bond motifs is 27. The SMILES string of the molecule is C1=CCCC(C2=CC=C(N(c3ccc(-c4ccc5c(c4)oc4ccccc45)cc3)c3cc(-c4ccccc4)c4[nH]c5ccccc5c4c3)CC2)=C1.C=Cc1c(C=C)n2c3c(cc(Nc4ccc5c(c4)oc4ccccc45)cc13)C1CC=CC=C12.CC1(C)c2ccccc2-c2ccc(N(c3ccc4c(c3)oc3ccccc34)c3cc4c5c(c3)c3ccccc3n5C3C=CC=CC43)cc21.c1ccc2c(c1)oc1ccccc12. The van der Waals surface area contributed by atoms with E-state index in [1.807, 2.05) is 84.9 Å². The van der Waals surface area contributed by atoms with Gasteiger partial charge in [-0.15, -0.1) is 0 Å². The molecule has 7 aliphatic rings. The third-order valence-electron chi connectivity index (χ3n) is 31.2. The maximum absolute atomic E-state index is 6.46. The van der Waals surface area contributed by atoms with Gasteiger partial charge in [0.05, 0.1) is 28.3 Å². The third kappa shape index (κ3) is 14.0. The summed E-state index contributed by atoms with van der Waals surface area (Å²) in [6.45, 7) is 12.9. The molecule has 9 heterocycles. The maximum atomic E-state index is 6.46. The summed E-state index contributed by atoms with van der Waals surface area (Å²) in [7, 11) is 0. The van der Waals surface area contributed by atoms with E-state index in [1.54, 1.807) is 0 Å². The number of anilines is 7. The fraction of sp³-hybridized carbons (Fsp3) is 0.0815. The largest absolute Gasteiger partial charge is 0.456 e. The highest BCUT2D eigenvalue weighted by atomic mass is 16.3. The Morgan fingerprint density at radius 2 is 0.938 bits per heavy atom. The average Bonchev–Trinajstić information content (AvgIpc) is 1.53. The Morgan fingerprint density at radius 1 is 0.366 bits per heavy atom. The van der Waals surface area contributed by atoms with Gasteiger partial charge in [0, 0.05) is 173 Å². The van der Waals surface area contributed by atoms with Crippen LogP contribution in [0.3, 0.4) is 0 Å². The number of rotatable bonds is 13. The average molecular weight is 1870 g/mol. The number of hydrogen-bond acceptors (Lipinski definition) is 7. The number of furan rings is 4. The summed E-state index contributed by atoms with van der Waals surface area (Å²) in [5.74, 6) is 0.662. The van der Waals surface area contributed by atoms with Crippen LogP contribution in [-0.2, 0) is 5.41 Å². The number of benzene rings is 17. The highest BCUT2D eigenvalue weighted by Gasteiger charge is 2.40. The second-order valence-electron chi connectivity index (χ2n) is 39.6. The minimum absolute atomic E-state index is 0.103. The summed E-state index contributed by atoms with van der Waals surface area (Å²) in [5, 5.41) is 19.2. The molecule has 692 valence electrons. The van der Waals surface area contributed by atoms with Crippen molar-refractivity contribution < 1.29 is 17.7 Å². The van der Waals surface area contributed by atoms with Gasteiger partial charge in [-0.25, -0.2) is 0 Å². The lowest BCUT2D eigenvalue weighted by Gasteiger charge is -2.31. The van der Waals surface area contributed by atoms with Crippen LogP contribution in [0.25, 0.3) is 193 Å². The molecule has 0 spiro atoms. The van der Waals surface area contributed by atoms with Gasteiger partial charge in [0.25, 0.3) is 0 Å². The van der Waals surface area contributed by atoms with Crippen molar-refractivity contribution in [3.05, 3.63) is 494 Å². The lowest BCUT2D eigenvalue weighted by atomic mass is 9.82. The number of para-hydroxylation sites is 7. The molecule has 2 aliphatic heterocycles. The Balaban J connectivity index is 0.000000101. The molecule has 31 rings (SSSR count). The number of nitrogens with zero attached hydrogens (tertiary/aromatic N) is 4. The Kier molecular flexibility index (Phi) is 20.0. The Bertz CT molecular complexity index is 9780. The maximum Gasteiger partial charge on any atom is 0.137 e. The van der Waals surface area contributed by atoms with Crippen LogP contribution in [-0.4, -0.2) is 14.1 Å². The molecule has 3 atom stereocenters. The minimum Gasteiger partial charge on any atom is -0.456 e. The van der Waals surface area contributed by atoms with E-state index in [-0.39, 0.29) is 11.5 Å². The van der Waals surface area contributed by atoms with E-state index in [2.05, 4.69) is 414 Å². The molecule has 10 nitrogen and oxygen atoms in total. The van der Waals surface area contributed by atoms with Crippen LogP contribution in [0.2, 0.25) is 0 Å². The summed E-state index contributed by atoms with van der Waals surface area (Å²) in [6.07, 6.45) is 36.4. The standard InChI is InChI=1S/C48H36N2O.C45H32N2O.C30H22N2O.C12H8O/c1-3-11-32(12-4-1)33-19-24-37(25-20-33)50(38-26-21-34(22-27-38)36-23-28-42-41-16-8-10-18-46(41)51-47(42)29-36)39-30-43(35-13-5-2-6-14-35)48-44(31-39)40-15-7-9-17-45(40)49-48;1-45(2)38-15-7-3-11-30(38)31-21-19-27(25-39(31)45)46(28-20-22-35-34-14-6-10-18-42(34)48-43(35)26-28)29-23-36-32-12-4-8-16-40(32)47-41-17-9-5-13-33(41)37(24-29)44(36)47;1-3-20-24-15-19(16-25-21-9-5-7-11-27(21)32(30(24)25)26(20)4-2)31-18-13-14-23-22-10-6-8-12-28(22)33-29(23)17-18;1-3-7-11-9(5-1)10-6-2-4-8-12(10)13-11/h1-3,5-11,13-19,21-24,26-31,49H,4,12,20,25H2;3-26,32,40H,1-2H3;3-8,10-17,21,31H,1-2,9H2;1-8H. The van der Waals surface area contributed by atoms with Crippen molar-refractivity contribution in [1.29, 1.82) is 0 Å². The van der Waals surface area contributed by atoms with Crippen molar-refractivity contribution in [3.8, 4) is 33.4 Å². The van der Waals surface area contributed by atoms with Crippen molar-refractivity contribution >= 4 is 200 Å². The fourth-order valence-corrected chi connectivity index (χ4v) is 24.4. The van der Waals surface area contributed by atoms with Crippen molar-refractivity contribution in [2.45, 2.75) is 69.2 Å². The first-order valence-electron chi connectivity index (χ1n) is 50.5. The van der Waals surface area contributed by atoms with Gasteiger partial charge in [-0.1, -0.05) is 300 Å². The Hall–Kier alpha value is -18.1. The smallest absolute Gasteiger partial charge is 0.137 e. The first-order valence-corrected chi connectivity index (χ1v) is 50.5. The third-order valence-corrected chi connectivity index (χ3v) is 31.2. The van der Waals surface area contributed by atoms with Crippen LogP contribution in [0.15, 0.2) is 478 Å². The molecule has 0 saturated heterocycles. The summed E-state index contributed by atoms with van der Waals surface area (Å²) in [5.41, 5.74) is 41.9. The van der Waals surface area contributed by atoms with E-state index in [0.717, 1.165) is 177 Å². The van der Waals surface area contributed by atoms with Crippen LogP contribution in [0.5, 0.6) is 0 Å². The lowest BCUT2D eigenvalue weighted by Crippen LogP contribution is -2.18. The molecular formula is C135H98N6O4. The number of H-pyrrole nitrogens is 1. The molecule has 5 aliphatic carbocycles. The van der Waals surface area contributed by atoms with Crippen LogP contribution < -0.4 is 15.1 Å². The van der Waals surface area contributed by atoms with Gasteiger partial charge in [-0.2, -0.15) is 0 Å². The topological polar surface area (TPSA) is 96.7 Å². The summed E-state index contributed by atoms with van der Waals surface area (Å²) in [6, 6.07) is 128. The molecule has 0 amide bonds. The van der Waals surface area contributed by atoms with Crippen LogP contribution >= 0.6 is 0 Å². The van der Waals surface area contributed by atoms with Gasteiger partial charge in [0.1, 0.15) is 44.7 Å². The molecule has 17 aromatic carbocycles. The molecule has 10 heteroatoms. The Labute approximate surface area is 838 Å². The molecule has 7 aromatic heterocycles. The van der Waals surface area contributed by atoms with Crippen molar-refractivity contribution in [1.82, 2.24) is 14.1 Å². The number of aromatic amines is 1. The van der Waals surface area contributed by atoms with Gasteiger partial charge in [0.15, 0.2) is 0 Å². The first-order chi connectivity index (χ1) is 71.5. The molecule has 24 aromatic rings. The van der Waals surface area contributed by atoms with E-state index in [0.29, 0.717) is 11.8 Å². The summed E-state index contributed by atoms with van der Waals surface area (Å²) >= 11 is 0. The molecule has 0 fully saturated rings. The molecule has 0 radical (unpaired) electrons. The zero-order valence-electron chi connectivity index (χ0n) is 80.3. The molecule has 0 saturated carbocycles. The predicted octanol–water partition coefficient (Wildman–Crippen LogP) is 37.9. The molecule has 3 unspecified atom stereocenters. The second-order valence-corrected chi connectivity index (χ2v) is 39.6. The predicted molar refractivity (Wildman–Crippen MR) is 607 cm³/mol. The highest BCUT2D eigenvalue weighted by Crippen LogP contribution is 2.57. The molecule has 2 N–H and O–H groups in total. The fourth-order valence-electron chi connectivity index (χ4n) is 24.4. The number of aromatic nitrogens is 3. The number of allylic oxidation sites excluding steroid dienone is 16. The first kappa shape index (κ1) is 84.9. The van der Waals surface area contributed by atoms with Gasteiger partial charge >= 0.3 is 0 Å². The van der Waals surface area contributed by atoms with E-state index in [9.17, 15) is 0 Å². The zero-order chi connectivity index (χ0) is 96.2.